The summed E-state index contributed by atoms with van der Waals surface area (Å²) < 4.78 is 1.37. The number of nitrogens with zero attached hydrogens (tertiary/aromatic N) is 3. The van der Waals surface area contributed by atoms with Gasteiger partial charge >= 0.3 is 0 Å². The maximum absolute atomic E-state index is 12.7. The minimum atomic E-state index is -0.244. The second kappa shape index (κ2) is 6.60. The van der Waals surface area contributed by atoms with E-state index in [0.29, 0.717) is 0 Å². The molecule has 0 bridgehead atoms. The van der Waals surface area contributed by atoms with Gasteiger partial charge in [0.25, 0.3) is 5.56 Å². The van der Waals surface area contributed by atoms with Crippen LogP contribution in [0.5, 0.6) is 0 Å². The molecular weight excluding hydrogens is 322 g/mol. The normalized spacial score (nSPS) is 23.8. The highest BCUT2D eigenvalue weighted by Gasteiger charge is 2.32. The first kappa shape index (κ1) is 15.7. The molecule has 126 valence electrons. The quantitative estimate of drug-likeness (QED) is 0.830. The highest BCUT2D eigenvalue weighted by molar-refractivity contribution is 6.33. The Kier molecular flexibility index (Phi) is 4.31. The number of fused-ring (bicyclic) bond motifs is 1. The van der Waals surface area contributed by atoms with Gasteiger partial charge in [-0.1, -0.05) is 49.1 Å². The van der Waals surface area contributed by atoms with Gasteiger partial charge in [-0.2, -0.15) is 9.78 Å². The largest absolute Gasteiger partial charge is 0.369 e. The van der Waals surface area contributed by atoms with Gasteiger partial charge < -0.3 is 4.90 Å². The first-order valence-electron chi connectivity index (χ1n) is 8.82. The molecule has 2 atom stereocenters. The van der Waals surface area contributed by atoms with Gasteiger partial charge in [-0.3, -0.25) is 4.79 Å². The third-order valence-electron chi connectivity index (χ3n) is 5.53. The number of halogens is 1. The Morgan fingerprint density at radius 2 is 1.79 bits per heavy atom. The van der Waals surface area contributed by atoms with E-state index in [9.17, 15) is 4.79 Å². The lowest BCUT2D eigenvalue weighted by Gasteiger charge is -2.42. The summed E-state index contributed by atoms with van der Waals surface area (Å²) in [6.45, 7) is 1.97. The standard InChI is InChI=1S/C19H22ClN3O/c20-18-17(22-11-10-14-6-4-5-7-15(14)13-22)12-21-23(19(18)24)16-8-2-1-3-9-16/h1-3,8-9,12,14-15H,4-7,10-11,13H2/t14-,15+/m0/s1. The topological polar surface area (TPSA) is 38.1 Å². The fraction of sp³-hybridized carbons (Fsp3) is 0.474. The van der Waals surface area contributed by atoms with E-state index in [0.717, 1.165) is 36.3 Å². The van der Waals surface area contributed by atoms with Gasteiger partial charge in [0, 0.05) is 13.1 Å². The molecule has 0 unspecified atom stereocenters. The summed E-state index contributed by atoms with van der Waals surface area (Å²) in [5.41, 5.74) is 1.28. The number of anilines is 1. The van der Waals surface area contributed by atoms with Crippen molar-refractivity contribution in [1.82, 2.24) is 9.78 Å². The number of hydrogen-bond acceptors (Lipinski definition) is 3. The molecule has 1 saturated carbocycles. The number of benzene rings is 1. The van der Waals surface area contributed by atoms with E-state index in [1.807, 2.05) is 30.3 Å². The molecule has 0 amide bonds. The monoisotopic (exact) mass is 343 g/mol. The van der Waals surface area contributed by atoms with Gasteiger partial charge in [0.15, 0.2) is 0 Å². The second-order valence-corrected chi connectivity index (χ2v) is 7.31. The Hall–Kier alpha value is -1.81. The smallest absolute Gasteiger partial charge is 0.292 e. The molecule has 1 aromatic carbocycles. The van der Waals surface area contributed by atoms with Crippen LogP contribution in [0.1, 0.15) is 32.1 Å². The van der Waals surface area contributed by atoms with Crippen LogP contribution in [0.25, 0.3) is 5.69 Å². The highest BCUT2D eigenvalue weighted by atomic mass is 35.5. The van der Waals surface area contributed by atoms with Crippen molar-refractivity contribution < 1.29 is 0 Å². The molecule has 1 aromatic heterocycles. The molecule has 1 saturated heterocycles. The van der Waals surface area contributed by atoms with E-state index >= 15 is 0 Å². The molecule has 1 aliphatic heterocycles. The predicted molar refractivity (Wildman–Crippen MR) is 97.1 cm³/mol. The minimum absolute atomic E-state index is 0.244. The van der Waals surface area contributed by atoms with Crippen molar-refractivity contribution in [2.24, 2.45) is 11.8 Å². The predicted octanol–water partition coefficient (Wildman–Crippen LogP) is 3.90. The molecule has 2 aromatic rings. The minimum Gasteiger partial charge on any atom is -0.369 e. The summed E-state index contributed by atoms with van der Waals surface area (Å²) >= 11 is 6.44. The van der Waals surface area contributed by atoms with Gasteiger partial charge in [0.05, 0.1) is 17.6 Å². The SMILES string of the molecule is O=c1c(Cl)c(N2CC[C@@H]3CCCC[C@@H]3C2)cnn1-c1ccccc1. The van der Waals surface area contributed by atoms with Crippen molar-refractivity contribution in [3.05, 3.63) is 51.9 Å². The molecule has 2 aliphatic rings. The van der Waals surface area contributed by atoms with Gasteiger partial charge in [-0.05, 0) is 36.8 Å². The summed E-state index contributed by atoms with van der Waals surface area (Å²) in [6, 6.07) is 9.41. The zero-order chi connectivity index (χ0) is 16.5. The third kappa shape index (κ3) is 2.84. The average Bonchev–Trinajstić information content (AvgIpc) is 2.64. The molecular formula is C19H22ClN3O. The molecule has 2 fully saturated rings. The maximum Gasteiger partial charge on any atom is 0.292 e. The molecule has 1 aliphatic carbocycles. The maximum atomic E-state index is 12.7. The number of para-hydroxylation sites is 1. The van der Waals surface area contributed by atoms with E-state index in [1.165, 1.54) is 36.8 Å². The van der Waals surface area contributed by atoms with Crippen LogP contribution >= 0.6 is 11.6 Å². The Morgan fingerprint density at radius 1 is 1.04 bits per heavy atom. The Morgan fingerprint density at radius 3 is 2.58 bits per heavy atom. The summed E-state index contributed by atoms with van der Waals surface area (Å²) in [7, 11) is 0. The van der Waals surface area contributed by atoms with E-state index in [2.05, 4.69) is 10.00 Å². The zero-order valence-electron chi connectivity index (χ0n) is 13.7. The molecule has 5 heteroatoms. The van der Waals surface area contributed by atoms with Crippen LogP contribution in [-0.2, 0) is 0 Å². The number of hydrogen-bond donors (Lipinski definition) is 0. The molecule has 24 heavy (non-hydrogen) atoms. The van der Waals surface area contributed by atoms with E-state index < -0.39 is 0 Å². The van der Waals surface area contributed by atoms with Crippen LogP contribution in [0.3, 0.4) is 0 Å². The second-order valence-electron chi connectivity index (χ2n) is 6.94. The molecule has 4 rings (SSSR count). The Bertz CT molecular complexity index is 774. The Balaban J connectivity index is 1.63. The van der Waals surface area contributed by atoms with E-state index in [1.54, 1.807) is 6.20 Å². The molecule has 4 nitrogen and oxygen atoms in total. The van der Waals surface area contributed by atoms with Crippen molar-refractivity contribution >= 4 is 17.3 Å². The van der Waals surface area contributed by atoms with Gasteiger partial charge in [0.1, 0.15) is 5.02 Å². The van der Waals surface area contributed by atoms with Crippen molar-refractivity contribution in [3.63, 3.8) is 0 Å². The molecule has 0 spiro atoms. The number of piperidine rings is 1. The first-order chi connectivity index (χ1) is 11.7. The molecule has 0 N–H and O–H groups in total. The van der Waals surface area contributed by atoms with Crippen molar-refractivity contribution in [2.45, 2.75) is 32.1 Å². The number of rotatable bonds is 2. The van der Waals surface area contributed by atoms with Crippen molar-refractivity contribution in [1.29, 1.82) is 0 Å². The fourth-order valence-corrected chi connectivity index (χ4v) is 4.47. The third-order valence-corrected chi connectivity index (χ3v) is 5.89. The summed E-state index contributed by atoms with van der Waals surface area (Å²) in [6.07, 6.45) is 8.31. The van der Waals surface area contributed by atoms with E-state index in [4.69, 9.17) is 11.6 Å². The Labute approximate surface area is 147 Å². The lowest BCUT2D eigenvalue weighted by Crippen LogP contribution is -2.42. The zero-order valence-corrected chi connectivity index (χ0v) is 14.5. The van der Waals surface area contributed by atoms with Crippen LogP contribution in [0.4, 0.5) is 5.69 Å². The van der Waals surface area contributed by atoms with Gasteiger partial charge in [-0.25, -0.2) is 0 Å². The van der Waals surface area contributed by atoms with E-state index in [-0.39, 0.29) is 10.6 Å². The average molecular weight is 344 g/mol. The molecule has 0 radical (unpaired) electrons. The lowest BCUT2D eigenvalue weighted by molar-refractivity contribution is 0.202. The lowest BCUT2D eigenvalue weighted by atomic mass is 9.75. The van der Waals surface area contributed by atoms with Crippen LogP contribution in [0.2, 0.25) is 5.02 Å². The summed E-state index contributed by atoms with van der Waals surface area (Å²) in [5.74, 6) is 1.59. The van der Waals surface area contributed by atoms with Crippen molar-refractivity contribution in [3.8, 4) is 5.69 Å². The fourth-order valence-electron chi connectivity index (χ4n) is 4.22. The van der Waals surface area contributed by atoms with Crippen LogP contribution in [0.15, 0.2) is 41.3 Å². The van der Waals surface area contributed by atoms with Crippen molar-refractivity contribution in [2.75, 3.05) is 18.0 Å². The highest BCUT2D eigenvalue weighted by Crippen LogP contribution is 2.38. The first-order valence-corrected chi connectivity index (χ1v) is 9.20. The summed E-state index contributed by atoms with van der Waals surface area (Å²) in [5, 5.41) is 4.65. The van der Waals surface area contributed by atoms with Crippen LogP contribution < -0.4 is 10.5 Å². The van der Waals surface area contributed by atoms with Crippen LogP contribution in [-0.4, -0.2) is 22.9 Å². The summed E-state index contributed by atoms with van der Waals surface area (Å²) in [4.78, 5) is 14.9. The van der Waals surface area contributed by atoms with Gasteiger partial charge in [0.2, 0.25) is 0 Å². The van der Waals surface area contributed by atoms with Crippen LogP contribution in [0, 0.1) is 11.8 Å². The molecule has 2 heterocycles. The number of aromatic nitrogens is 2. The van der Waals surface area contributed by atoms with Gasteiger partial charge in [-0.15, -0.1) is 0 Å².